The molecule has 0 aliphatic carbocycles. The third kappa shape index (κ3) is 6.13. The standard InChI is InChI=1S/C20H39BN2O5/c1-12(2)14(4)20(9)16(6)27-21(28-20)17(23-18(22)24)11-13(3)15(5)26-19(7,8)25-10/h12,14,16-17H,11H2,1-10H3,(H3,22,23,24). The molecule has 8 heteroatoms. The van der Waals surface area contributed by atoms with Gasteiger partial charge in [-0.3, -0.25) is 0 Å². The number of primary amides is 1. The number of nitrogens with two attached hydrogens (primary N) is 1. The second-order valence-corrected chi connectivity index (χ2v) is 8.84. The second kappa shape index (κ2) is 9.50. The fraction of sp³-hybridized carbons (Fsp3) is 0.850. The number of urea groups is 1. The van der Waals surface area contributed by atoms with Crippen LogP contribution in [0, 0.1) is 11.8 Å². The van der Waals surface area contributed by atoms with Crippen LogP contribution in [0.15, 0.2) is 11.3 Å². The Bertz CT molecular complexity index is 581. The predicted octanol–water partition coefficient (Wildman–Crippen LogP) is 3.62. The summed E-state index contributed by atoms with van der Waals surface area (Å²) in [7, 11) is 1.00. The summed E-state index contributed by atoms with van der Waals surface area (Å²) < 4.78 is 23.7. The molecule has 2 amide bonds. The maximum atomic E-state index is 11.6. The average Bonchev–Trinajstić information content (AvgIpc) is 2.88. The number of carbonyl (C=O) groups excluding carboxylic acids is 1. The Morgan fingerprint density at radius 2 is 1.89 bits per heavy atom. The summed E-state index contributed by atoms with van der Waals surface area (Å²) in [6.45, 7) is 18.1. The molecule has 0 aromatic carbocycles. The molecular formula is C20H39BN2O5. The van der Waals surface area contributed by atoms with E-state index in [9.17, 15) is 4.79 Å². The van der Waals surface area contributed by atoms with Crippen LogP contribution in [-0.4, -0.2) is 43.7 Å². The smallest absolute Gasteiger partial charge is 0.468 e. The summed E-state index contributed by atoms with van der Waals surface area (Å²) in [5.41, 5.74) is 5.92. The Morgan fingerprint density at radius 1 is 1.32 bits per heavy atom. The minimum Gasteiger partial charge on any atom is -0.468 e. The summed E-state index contributed by atoms with van der Waals surface area (Å²) >= 11 is 0. The van der Waals surface area contributed by atoms with Gasteiger partial charge >= 0.3 is 13.1 Å². The van der Waals surface area contributed by atoms with E-state index in [0.29, 0.717) is 12.3 Å². The van der Waals surface area contributed by atoms with E-state index in [2.05, 4.69) is 33.0 Å². The van der Waals surface area contributed by atoms with Crippen molar-refractivity contribution < 1.29 is 23.6 Å². The number of nitrogens with one attached hydrogen (secondary N) is 1. The zero-order valence-electron chi connectivity index (χ0n) is 19.2. The number of methoxy groups -OCH3 is 1. The van der Waals surface area contributed by atoms with Gasteiger partial charge in [0.1, 0.15) is 0 Å². The van der Waals surface area contributed by atoms with Crippen LogP contribution < -0.4 is 11.1 Å². The van der Waals surface area contributed by atoms with Gasteiger partial charge in [-0.1, -0.05) is 20.8 Å². The Labute approximate surface area is 170 Å². The van der Waals surface area contributed by atoms with Crippen LogP contribution in [0.4, 0.5) is 4.79 Å². The van der Waals surface area contributed by atoms with Gasteiger partial charge in [0, 0.05) is 21.0 Å². The molecule has 7 nitrogen and oxygen atoms in total. The maximum Gasteiger partial charge on any atom is 0.482 e. The van der Waals surface area contributed by atoms with Gasteiger partial charge in [-0.25, -0.2) is 4.79 Å². The molecule has 28 heavy (non-hydrogen) atoms. The molecule has 162 valence electrons. The zero-order chi connectivity index (χ0) is 21.9. The molecule has 0 radical (unpaired) electrons. The van der Waals surface area contributed by atoms with Gasteiger partial charge in [0.25, 0.3) is 0 Å². The molecule has 4 atom stereocenters. The molecule has 1 fully saturated rings. The highest BCUT2D eigenvalue weighted by molar-refractivity contribution is 6.47. The number of ether oxygens (including phenoxy) is 2. The molecular weight excluding hydrogens is 359 g/mol. The molecule has 1 saturated heterocycles. The lowest BCUT2D eigenvalue weighted by Gasteiger charge is -2.37. The lowest BCUT2D eigenvalue weighted by molar-refractivity contribution is -0.171. The lowest BCUT2D eigenvalue weighted by Crippen LogP contribution is -2.51. The van der Waals surface area contributed by atoms with Gasteiger partial charge in [-0.2, -0.15) is 0 Å². The van der Waals surface area contributed by atoms with E-state index in [1.807, 2.05) is 34.6 Å². The van der Waals surface area contributed by atoms with E-state index in [0.717, 1.165) is 11.3 Å². The van der Waals surface area contributed by atoms with Gasteiger partial charge in [0.15, 0.2) is 0 Å². The van der Waals surface area contributed by atoms with Crippen molar-refractivity contribution in [2.24, 2.45) is 17.6 Å². The van der Waals surface area contributed by atoms with Crippen LogP contribution >= 0.6 is 0 Å². The molecule has 1 rings (SSSR count). The van der Waals surface area contributed by atoms with E-state index >= 15 is 0 Å². The highest BCUT2D eigenvalue weighted by Gasteiger charge is 2.53. The summed E-state index contributed by atoms with van der Waals surface area (Å²) in [6.07, 6.45) is 0.374. The first-order chi connectivity index (χ1) is 12.7. The number of allylic oxidation sites excluding steroid dienone is 1. The van der Waals surface area contributed by atoms with Crippen molar-refractivity contribution in [2.75, 3.05) is 7.11 Å². The molecule has 3 N–H and O–H groups in total. The minimum atomic E-state index is -0.738. The molecule has 4 unspecified atom stereocenters. The Morgan fingerprint density at radius 3 is 2.36 bits per heavy atom. The van der Waals surface area contributed by atoms with E-state index in [1.165, 1.54) is 0 Å². The number of hydrogen-bond acceptors (Lipinski definition) is 5. The van der Waals surface area contributed by atoms with Crippen LogP contribution in [0.1, 0.15) is 68.7 Å². The Hall–Kier alpha value is -1.25. The lowest BCUT2D eigenvalue weighted by atomic mass is 9.74. The second-order valence-electron chi connectivity index (χ2n) is 8.84. The zero-order valence-corrected chi connectivity index (χ0v) is 19.2. The van der Waals surface area contributed by atoms with Crippen molar-refractivity contribution >= 4 is 13.1 Å². The first-order valence-electron chi connectivity index (χ1n) is 10.0. The van der Waals surface area contributed by atoms with Crippen LogP contribution in [0.2, 0.25) is 0 Å². The fourth-order valence-corrected chi connectivity index (χ4v) is 3.40. The quantitative estimate of drug-likeness (QED) is 0.352. The fourth-order valence-electron chi connectivity index (χ4n) is 3.40. The van der Waals surface area contributed by atoms with Crippen LogP contribution in [-0.2, 0) is 18.8 Å². The van der Waals surface area contributed by atoms with Crippen molar-refractivity contribution in [3.05, 3.63) is 11.3 Å². The van der Waals surface area contributed by atoms with Gasteiger partial charge in [-0.05, 0) is 51.5 Å². The molecule has 0 saturated carbocycles. The molecule has 0 aromatic rings. The van der Waals surface area contributed by atoms with E-state index < -0.39 is 30.5 Å². The van der Waals surface area contributed by atoms with E-state index in [-0.39, 0.29) is 12.0 Å². The number of hydrogen-bond donors (Lipinski definition) is 2. The van der Waals surface area contributed by atoms with Gasteiger partial charge in [-0.15, -0.1) is 0 Å². The number of carbonyl (C=O) groups is 1. The highest BCUT2D eigenvalue weighted by Crippen LogP contribution is 2.39. The third-order valence-corrected chi connectivity index (χ3v) is 6.09. The van der Waals surface area contributed by atoms with Crippen molar-refractivity contribution in [3.8, 4) is 0 Å². The van der Waals surface area contributed by atoms with E-state index in [4.69, 9.17) is 24.5 Å². The third-order valence-electron chi connectivity index (χ3n) is 6.09. The maximum absolute atomic E-state index is 11.6. The van der Waals surface area contributed by atoms with Crippen molar-refractivity contribution in [3.63, 3.8) is 0 Å². The van der Waals surface area contributed by atoms with Crippen LogP contribution in [0.5, 0.6) is 0 Å². The van der Waals surface area contributed by atoms with Crippen LogP contribution in [0.3, 0.4) is 0 Å². The minimum absolute atomic E-state index is 0.110. The number of rotatable bonds is 9. The first kappa shape index (κ1) is 24.8. The van der Waals surface area contributed by atoms with Gasteiger partial charge < -0.3 is 29.8 Å². The predicted molar refractivity (Wildman–Crippen MR) is 111 cm³/mol. The van der Waals surface area contributed by atoms with Gasteiger partial charge in [0.05, 0.1) is 23.4 Å². The number of amides is 2. The summed E-state index contributed by atoms with van der Waals surface area (Å²) in [6, 6.07) is -0.612. The SMILES string of the molecule is COC(C)(C)OC(C)=C(C)CC(NC(N)=O)B1OC(C)C(C)(C(C)C(C)C)O1. The van der Waals surface area contributed by atoms with Gasteiger partial charge in [0.2, 0.25) is 5.79 Å². The molecule has 0 aromatic heterocycles. The van der Waals surface area contributed by atoms with Crippen molar-refractivity contribution in [1.82, 2.24) is 5.32 Å². The molecule has 1 aliphatic heterocycles. The summed E-state index contributed by atoms with van der Waals surface area (Å²) in [4.78, 5) is 11.6. The highest BCUT2D eigenvalue weighted by atomic mass is 16.7. The molecule has 0 bridgehead atoms. The topological polar surface area (TPSA) is 92.0 Å². The molecule has 1 aliphatic rings. The molecule has 1 heterocycles. The monoisotopic (exact) mass is 398 g/mol. The Balaban J connectivity index is 3.02. The van der Waals surface area contributed by atoms with Crippen molar-refractivity contribution in [2.45, 2.75) is 92.2 Å². The van der Waals surface area contributed by atoms with Crippen molar-refractivity contribution in [1.29, 1.82) is 0 Å². The molecule has 0 spiro atoms. The largest absolute Gasteiger partial charge is 0.482 e. The van der Waals surface area contributed by atoms with E-state index in [1.54, 1.807) is 7.11 Å². The average molecular weight is 398 g/mol. The summed E-state index contributed by atoms with van der Waals surface area (Å²) in [5, 5.41) is 2.78. The normalized spacial score (nSPS) is 26.1. The first-order valence-corrected chi connectivity index (χ1v) is 10.0. The Kier molecular flexibility index (Phi) is 8.41. The van der Waals surface area contributed by atoms with Crippen LogP contribution in [0.25, 0.3) is 0 Å². The summed E-state index contributed by atoms with van der Waals surface area (Å²) in [5.74, 6) is 0.285.